The number of hydrogen-bond donors (Lipinski definition) is 0. The molecule has 0 fully saturated rings. The monoisotopic (exact) mass is 479 g/mol. The average molecular weight is 480 g/mol. The van der Waals surface area contributed by atoms with Crippen molar-refractivity contribution in [3.63, 3.8) is 0 Å². The molecule has 0 N–H and O–H groups in total. The highest BCUT2D eigenvalue weighted by molar-refractivity contribution is 8.00. The van der Waals surface area contributed by atoms with Gasteiger partial charge < -0.3 is 4.74 Å². The summed E-state index contributed by atoms with van der Waals surface area (Å²) < 4.78 is 9.12. The molecule has 0 saturated heterocycles. The number of carbonyl (C=O) groups is 1. The Morgan fingerprint density at radius 3 is 2.75 bits per heavy atom. The molecule has 5 aromatic rings. The summed E-state index contributed by atoms with van der Waals surface area (Å²) in [6.07, 6.45) is 0. The van der Waals surface area contributed by atoms with Crippen LogP contribution in [0.3, 0.4) is 0 Å². The Morgan fingerprint density at radius 2 is 1.94 bits per heavy atom. The summed E-state index contributed by atoms with van der Waals surface area (Å²) in [7, 11) is 0. The lowest BCUT2D eigenvalue weighted by Crippen LogP contribution is -2.16. The van der Waals surface area contributed by atoms with Crippen LogP contribution in [0.15, 0.2) is 69.1 Å². The van der Waals surface area contributed by atoms with Crippen LogP contribution in [0, 0.1) is 6.92 Å². The van der Waals surface area contributed by atoms with Crippen LogP contribution in [0.25, 0.3) is 15.2 Å². The minimum Gasteiger partial charge on any atom is -0.456 e. The van der Waals surface area contributed by atoms with E-state index in [1.807, 2.05) is 42.6 Å². The van der Waals surface area contributed by atoms with Gasteiger partial charge in [-0.3, -0.25) is 9.20 Å². The molecular formula is C23H17N3O3S3. The highest BCUT2D eigenvalue weighted by Gasteiger charge is 2.11. The molecule has 0 spiro atoms. The van der Waals surface area contributed by atoms with E-state index in [0.717, 1.165) is 26.9 Å². The van der Waals surface area contributed by atoms with Crippen LogP contribution >= 0.6 is 34.4 Å². The number of thioether (sulfide) groups is 1. The Bertz CT molecular complexity index is 1450. The molecule has 32 heavy (non-hydrogen) atoms. The van der Waals surface area contributed by atoms with Gasteiger partial charge in [0.2, 0.25) is 0 Å². The van der Waals surface area contributed by atoms with E-state index in [1.54, 1.807) is 39.6 Å². The van der Waals surface area contributed by atoms with E-state index >= 15 is 0 Å². The summed E-state index contributed by atoms with van der Waals surface area (Å²) in [4.78, 5) is 34.3. The van der Waals surface area contributed by atoms with Crippen LogP contribution < -0.4 is 5.56 Å². The van der Waals surface area contributed by atoms with Crippen LogP contribution in [0.2, 0.25) is 0 Å². The maximum absolute atomic E-state index is 12.4. The number of thiazole rings is 2. The molecule has 0 saturated carbocycles. The van der Waals surface area contributed by atoms with E-state index in [-0.39, 0.29) is 12.2 Å². The first-order chi connectivity index (χ1) is 15.6. The highest BCUT2D eigenvalue weighted by atomic mass is 32.2. The van der Waals surface area contributed by atoms with E-state index in [2.05, 4.69) is 16.0 Å². The van der Waals surface area contributed by atoms with Crippen molar-refractivity contribution in [2.75, 3.05) is 0 Å². The summed E-state index contributed by atoms with van der Waals surface area (Å²) in [6.45, 7) is 1.81. The molecular weight excluding hydrogens is 462 g/mol. The lowest BCUT2D eigenvalue weighted by atomic mass is 10.1. The molecule has 3 heterocycles. The molecule has 2 aromatic carbocycles. The first-order valence-corrected chi connectivity index (χ1v) is 12.5. The Kier molecular flexibility index (Phi) is 5.77. The van der Waals surface area contributed by atoms with Crippen molar-refractivity contribution in [1.82, 2.24) is 14.4 Å². The molecule has 0 radical (unpaired) electrons. The van der Waals surface area contributed by atoms with Gasteiger partial charge in [-0.05, 0) is 36.8 Å². The van der Waals surface area contributed by atoms with Gasteiger partial charge in [-0.15, -0.1) is 22.7 Å². The van der Waals surface area contributed by atoms with E-state index in [0.29, 0.717) is 16.2 Å². The van der Waals surface area contributed by atoms with E-state index in [9.17, 15) is 9.59 Å². The second-order valence-electron chi connectivity index (χ2n) is 7.09. The van der Waals surface area contributed by atoms with E-state index in [4.69, 9.17) is 4.74 Å². The van der Waals surface area contributed by atoms with Crippen molar-refractivity contribution in [2.24, 2.45) is 0 Å². The van der Waals surface area contributed by atoms with Gasteiger partial charge in [0, 0.05) is 22.9 Å². The van der Waals surface area contributed by atoms with Crippen molar-refractivity contribution in [2.45, 2.75) is 23.6 Å². The van der Waals surface area contributed by atoms with Crippen molar-refractivity contribution < 1.29 is 9.53 Å². The second kappa shape index (κ2) is 8.85. The molecule has 0 atom stereocenters. The molecule has 0 bridgehead atoms. The predicted molar refractivity (Wildman–Crippen MR) is 129 cm³/mol. The number of para-hydroxylation sites is 1. The number of nitrogens with zero attached hydrogens (tertiary/aromatic N) is 3. The maximum Gasteiger partial charge on any atom is 0.338 e. The summed E-state index contributed by atoms with van der Waals surface area (Å²) in [5.74, 6) is 0.322. The zero-order valence-corrected chi connectivity index (χ0v) is 19.4. The van der Waals surface area contributed by atoms with E-state index < -0.39 is 5.97 Å². The molecule has 0 amide bonds. The molecule has 6 nitrogen and oxygen atoms in total. The largest absolute Gasteiger partial charge is 0.456 e. The van der Waals surface area contributed by atoms with Crippen LogP contribution in [0.1, 0.15) is 27.3 Å². The van der Waals surface area contributed by atoms with Gasteiger partial charge in [-0.2, -0.15) is 0 Å². The van der Waals surface area contributed by atoms with Crippen LogP contribution in [-0.2, 0) is 17.1 Å². The Hall–Kier alpha value is -3.01. The second-order valence-corrected chi connectivity index (χ2v) is 10.2. The number of rotatable bonds is 6. The Balaban J connectivity index is 1.20. The Morgan fingerprint density at radius 1 is 1.12 bits per heavy atom. The number of aromatic nitrogens is 3. The SMILES string of the molecule is Cc1csc2nc(COC(=O)c3ccc(CSc4nc5ccccc5s4)cc3)cc(=O)n12. The number of carbonyl (C=O) groups excluding carboxylic acids is 1. The van der Waals surface area contributed by atoms with Crippen molar-refractivity contribution >= 4 is 55.6 Å². The molecule has 0 aliphatic rings. The summed E-state index contributed by atoms with van der Waals surface area (Å²) in [6, 6.07) is 16.8. The summed E-state index contributed by atoms with van der Waals surface area (Å²) in [5.41, 5.74) is 3.68. The van der Waals surface area contributed by atoms with Gasteiger partial charge in [0.1, 0.15) is 6.61 Å². The first kappa shape index (κ1) is 20.9. The number of fused-ring (bicyclic) bond motifs is 2. The quantitative estimate of drug-likeness (QED) is 0.242. The van der Waals surface area contributed by atoms with Crippen molar-refractivity contribution in [3.05, 3.63) is 92.8 Å². The third-order valence-corrected chi connectivity index (χ3v) is 8.00. The van der Waals surface area contributed by atoms with Gasteiger partial charge in [-0.1, -0.05) is 36.0 Å². The smallest absolute Gasteiger partial charge is 0.338 e. The first-order valence-electron chi connectivity index (χ1n) is 9.78. The van der Waals surface area contributed by atoms with Crippen LogP contribution in [0.5, 0.6) is 0 Å². The number of esters is 1. The summed E-state index contributed by atoms with van der Waals surface area (Å²) in [5, 5.41) is 1.87. The molecule has 3 aromatic heterocycles. The fraction of sp³-hybridized carbons (Fsp3) is 0.130. The molecule has 160 valence electrons. The normalized spacial score (nSPS) is 11.3. The third kappa shape index (κ3) is 4.32. The fourth-order valence-electron chi connectivity index (χ4n) is 3.19. The molecule has 5 rings (SSSR count). The van der Waals surface area contributed by atoms with Gasteiger partial charge in [-0.25, -0.2) is 14.8 Å². The maximum atomic E-state index is 12.4. The molecule has 0 unspecified atom stereocenters. The van der Waals surface area contributed by atoms with Gasteiger partial charge >= 0.3 is 5.97 Å². The molecule has 0 aliphatic carbocycles. The standard InChI is InChI=1S/C23H17N3O3S3/c1-14-12-30-22-24-17(10-20(27)26(14)22)11-29-21(28)16-8-6-15(7-9-16)13-31-23-25-18-4-2-3-5-19(18)32-23/h2-10,12H,11,13H2,1H3. The highest BCUT2D eigenvalue weighted by Crippen LogP contribution is 2.31. The minimum absolute atomic E-state index is 0.0449. The van der Waals surface area contributed by atoms with Gasteiger partial charge in [0.15, 0.2) is 9.30 Å². The molecule has 9 heteroatoms. The topological polar surface area (TPSA) is 73.6 Å². The molecule has 0 aliphatic heterocycles. The number of benzene rings is 2. The number of hydrogen-bond acceptors (Lipinski definition) is 8. The van der Waals surface area contributed by atoms with Crippen LogP contribution in [0.4, 0.5) is 0 Å². The third-order valence-electron chi connectivity index (χ3n) is 4.81. The lowest BCUT2D eigenvalue weighted by Gasteiger charge is -2.06. The minimum atomic E-state index is -0.445. The van der Waals surface area contributed by atoms with Crippen LogP contribution in [-0.4, -0.2) is 20.3 Å². The number of ether oxygens (including phenoxy) is 1. The number of aryl methyl sites for hydroxylation is 1. The van der Waals surface area contributed by atoms with Crippen molar-refractivity contribution in [1.29, 1.82) is 0 Å². The average Bonchev–Trinajstić information content (AvgIpc) is 3.39. The lowest BCUT2D eigenvalue weighted by molar-refractivity contribution is 0.0468. The zero-order chi connectivity index (χ0) is 22.1. The predicted octanol–water partition coefficient (Wildman–Crippen LogP) is 5.32. The summed E-state index contributed by atoms with van der Waals surface area (Å²) >= 11 is 4.74. The van der Waals surface area contributed by atoms with E-state index in [1.165, 1.54) is 22.1 Å². The Labute approximate surface area is 195 Å². The van der Waals surface area contributed by atoms with Gasteiger partial charge in [0.25, 0.3) is 5.56 Å². The zero-order valence-electron chi connectivity index (χ0n) is 17.0. The van der Waals surface area contributed by atoms with Gasteiger partial charge in [0.05, 0.1) is 21.5 Å². The van der Waals surface area contributed by atoms with Crippen molar-refractivity contribution in [3.8, 4) is 0 Å². The fourth-order valence-corrected chi connectivity index (χ4v) is 6.11.